The van der Waals surface area contributed by atoms with E-state index in [1.807, 2.05) is 30.3 Å². The van der Waals surface area contributed by atoms with E-state index in [1.165, 1.54) is 15.6 Å². The lowest BCUT2D eigenvalue weighted by atomic mass is 10.3. The Morgan fingerprint density at radius 3 is 2.65 bits per heavy atom. The lowest BCUT2D eigenvalue weighted by Crippen LogP contribution is -2.08. The van der Waals surface area contributed by atoms with Gasteiger partial charge in [-0.05, 0) is 22.6 Å². The van der Waals surface area contributed by atoms with Crippen molar-refractivity contribution in [3.8, 4) is 11.6 Å². The monoisotopic (exact) mass is 271 g/mol. The summed E-state index contributed by atoms with van der Waals surface area (Å²) < 4.78 is 2.66. The Balaban J connectivity index is 2.11. The van der Waals surface area contributed by atoms with Crippen molar-refractivity contribution in [3.63, 3.8) is 0 Å². The molecule has 0 saturated carbocycles. The zero-order valence-corrected chi connectivity index (χ0v) is 10.1. The maximum absolute atomic E-state index is 10.9. The third kappa shape index (κ3) is 1.86. The number of benzene rings is 1. The van der Waals surface area contributed by atoms with Crippen LogP contribution in [0.4, 0.5) is 5.69 Å². The average Bonchev–Trinajstić information content (AvgIpc) is 3.05. The summed E-state index contributed by atoms with van der Waals surface area (Å²) in [5, 5.41) is 24.1. The first kappa shape index (κ1) is 11.8. The Labute approximate surface area is 112 Å². The van der Waals surface area contributed by atoms with Crippen LogP contribution in [0.15, 0.2) is 36.5 Å². The highest BCUT2D eigenvalue weighted by Gasteiger charge is 2.17. The zero-order valence-electron chi connectivity index (χ0n) is 10.1. The van der Waals surface area contributed by atoms with Gasteiger partial charge in [0, 0.05) is 0 Å². The molecule has 3 rings (SSSR count). The molecule has 20 heavy (non-hydrogen) atoms. The van der Waals surface area contributed by atoms with Gasteiger partial charge in [0.25, 0.3) is 5.95 Å². The number of nitrogens with two attached hydrogens (primary N) is 1. The number of aromatic nitrogens is 6. The molecule has 0 aliphatic carbocycles. The van der Waals surface area contributed by atoms with Gasteiger partial charge in [0.15, 0.2) is 5.69 Å². The number of nitrogens with zero attached hydrogens (tertiary/aromatic N) is 6. The van der Waals surface area contributed by atoms with Crippen LogP contribution in [0.3, 0.4) is 0 Å². The molecule has 0 bridgehead atoms. The van der Waals surface area contributed by atoms with Gasteiger partial charge >= 0.3 is 5.97 Å². The van der Waals surface area contributed by atoms with E-state index in [0.29, 0.717) is 0 Å². The predicted octanol–water partition coefficient (Wildman–Crippen LogP) is 0.128. The van der Waals surface area contributed by atoms with Crippen LogP contribution >= 0.6 is 0 Å². The molecule has 0 spiro atoms. The zero-order chi connectivity index (χ0) is 14.1. The minimum atomic E-state index is -1.21. The summed E-state index contributed by atoms with van der Waals surface area (Å²) in [6.45, 7) is 0. The predicted molar refractivity (Wildman–Crippen MR) is 67.6 cm³/mol. The number of rotatable bonds is 3. The molecule has 0 atom stereocenters. The highest BCUT2D eigenvalue weighted by atomic mass is 16.4. The maximum Gasteiger partial charge on any atom is 0.358 e. The Morgan fingerprint density at radius 1 is 1.25 bits per heavy atom. The van der Waals surface area contributed by atoms with E-state index in [-0.39, 0.29) is 17.3 Å². The minimum absolute atomic E-state index is 0.0418. The highest BCUT2D eigenvalue weighted by Crippen LogP contribution is 2.14. The third-order valence-electron chi connectivity index (χ3n) is 2.60. The van der Waals surface area contributed by atoms with Crippen molar-refractivity contribution in [3.05, 3.63) is 42.2 Å². The Kier molecular flexibility index (Phi) is 2.64. The quantitative estimate of drug-likeness (QED) is 0.693. The molecule has 100 valence electrons. The SMILES string of the molecule is Nc1cn(-c2nnnn2-c2ccccc2)nc1C(=O)O. The standard InChI is InChI=1S/C11H9N7O2/c12-8-6-17(14-9(8)10(19)20)11-13-15-16-18(11)7-4-2-1-3-5-7/h1-6H,12H2,(H,19,20). The van der Waals surface area contributed by atoms with Gasteiger partial charge in [-0.15, -0.1) is 0 Å². The molecule has 0 saturated heterocycles. The molecule has 3 N–H and O–H groups in total. The van der Waals surface area contributed by atoms with E-state index in [2.05, 4.69) is 20.6 Å². The maximum atomic E-state index is 10.9. The topological polar surface area (TPSA) is 125 Å². The fourth-order valence-electron chi connectivity index (χ4n) is 1.72. The number of hydrogen-bond donors (Lipinski definition) is 2. The van der Waals surface area contributed by atoms with Crippen molar-refractivity contribution in [1.82, 2.24) is 30.0 Å². The number of para-hydroxylation sites is 1. The van der Waals surface area contributed by atoms with Crippen molar-refractivity contribution >= 4 is 11.7 Å². The van der Waals surface area contributed by atoms with Gasteiger partial charge < -0.3 is 10.8 Å². The first-order valence-corrected chi connectivity index (χ1v) is 5.59. The van der Waals surface area contributed by atoms with E-state index in [1.54, 1.807) is 0 Å². The number of aromatic carboxylic acids is 1. The molecule has 0 aliphatic rings. The molecule has 0 amide bonds. The van der Waals surface area contributed by atoms with Crippen LogP contribution in [0, 0.1) is 0 Å². The number of carbonyl (C=O) groups is 1. The van der Waals surface area contributed by atoms with Crippen molar-refractivity contribution in [2.45, 2.75) is 0 Å². The van der Waals surface area contributed by atoms with Crippen molar-refractivity contribution < 1.29 is 9.90 Å². The van der Waals surface area contributed by atoms with Crippen LogP contribution in [0.1, 0.15) is 10.5 Å². The Morgan fingerprint density at radius 2 is 2.00 bits per heavy atom. The molecule has 9 heteroatoms. The number of tetrazole rings is 1. The van der Waals surface area contributed by atoms with Gasteiger partial charge in [-0.2, -0.15) is 9.78 Å². The van der Waals surface area contributed by atoms with Crippen LogP contribution in [-0.2, 0) is 0 Å². The minimum Gasteiger partial charge on any atom is -0.476 e. The fourth-order valence-corrected chi connectivity index (χ4v) is 1.72. The summed E-state index contributed by atoms with van der Waals surface area (Å²) in [4.78, 5) is 10.9. The second-order valence-corrected chi connectivity index (χ2v) is 3.91. The fraction of sp³-hybridized carbons (Fsp3) is 0. The third-order valence-corrected chi connectivity index (χ3v) is 2.60. The van der Waals surface area contributed by atoms with Gasteiger partial charge in [-0.25, -0.2) is 9.48 Å². The van der Waals surface area contributed by atoms with Crippen molar-refractivity contribution in [2.75, 3.05) is 5.73 Å². The summed E-state index contributed by atoms with van der Waals surface area (Å²) in [5.74, 6) is -0.963. The molecule has 0 unspecified atom stereocenters. The second kappa shape index (κ2) is 4.46. The lowest BCUT2D eigenvalue weighted by Gasteiger charge is -2.03. The van der Waals surface area contributed by atoms with Crippen LogP contribution in [0.2, 0.25) is 0 Å². The molecule has 0 radical (unpaired) electrons. The van der Waals surface area contributed by atoms with E-state index in [9.17, 15) is 4.79 Å². The summed E-state index contributed by atoms with van der Waals surface area (Å²) in [7, 11) is 0. The summed E-state index contributed by atoms with van der Waals surface area (Å²) in [6, 6.07) is 9.15. The number of carboxylic acid groups (broad SMARTS) is 1. The molecule has 2 heterocycles. The normalized spacial score (nSPS) is 10.6. The first-order valence-electron chi connectivity index (χ1n) is 5.59. The molecular formula is C11H9N7O2. The number of anilines is 1. The number of carboxylic acids is 1. The van der Waals surface area contributed by atoms with Gasteiger partial charge in [0.2, 0.25) is 0 Å². The molecule has 9 nitrogen and oxygen atoms in total. The smallest absolute Gasteiger partial charge is 0.358 e. The van der Waals surface area contributed by atoms with Crippen molar-refractivity contribution in [2.24, 2.45) is 0 Å². The summed E-state index contributed by atoms with van der Waals surface area (Å²) >= 11 is 0. The largest absolute Gasteiger partial charge is 0.476 e. The first-order chi connectivity index (χ1) is 9.66. The van der Waals surface area contributed by atoms with Gasteiger partial charge in [0.1, 0.15) is 0 Å². The molecule has 0 aliphatic heterocycles. The van der Waals surface area contributed by atoms with E-state index < -0.39 is 5.97 Å². The highest BCUT2D eigenvalue weighted by molar-refractivity contribution is 5.91. The van der Waals surface area contributed by atoms with Gasteiger partial charge in [0.05, 0.1) is 17.6 Å². The molecule has 1 aromatic carbocycles. The van der Waals surface area contributed by atoms with Gasteiger partial charge in [-0.3, -0.25) is 0 Å². The number of hydrogen-bond acceptors (Lipinski definition) is 6. The molecular weight excluding hydrogens is 262 g/mol. The van der Waals surface area contributed by atoms with E-state index >= 15 is 0 Å². The number of nitrogen functional groups attached to an aromatic ring is 1. The summed E-state index contributed by atoms with van der Waals surface area (Å²) in [6.07, 6.45) is 1.36. The molecule has 2 aromatic heterocycles. The van der Waals surface area contributed by atoms with Crippen LogP contribution < -0.4 is 5.73 Å². The van der Waals surface area contributed by atoms with E-state index in [4.69, 9.17) is 10.8 Å². The Bertz CT molecular complexity index is 762. The second-order valence-electron chi connectivity index (χ2n) is 3.91. The molecule has 0 fully saturated rings. The van der Waals surface area contributed by atoms with E-state index in [0.717, 1.165) is 5.69 Å². The molecule has 3 aromatic rings. The van der Waals surface area contributed by atoms with Crippen molar-refractivity contribution in [1.29, 1.82) is 0 Å². The van der Waals surface area contributed by atoms with Gasteiger partial charge in [-0.1, -0.05) is 23.3 Å². The summed E-state index contributed by atoms with van der Waals surface area (Å²) in [5.41, 5.74) is 6.11. The van der Waals surface area contributed by atoms with Crippen LogP contribution in [-0.4, -0.2) is 41.1 Å². The van der Waals surface area contributed by atoms with Crippen LogP contribution in [0.25, 0.3) is 11.6 Å². The average molecular weight is 271 g/mol. The Hall–Kier alpha value is -3.23. The lowest BCUT2D eigenvalue weighted by molar-refractivity contribution is 0.0691. The van der Waals surface area contributed by atoms with Crippen LogP contribution in [0.5, 0.6) is 0 Å².